The average Bonchev–Trinajstić information content (AvgIpc) is 2.44. The van der Waals surface area contributed by atoms with E-state index < -0.39 is 6.10 Å². The van der Waals surface area contributed by atoms with Crippen LogP contribution in [-0.4, -0.2) is 10.1 Å². The molecule has 0 saturated heterocycles. The highest BCUT2D eigenvalue weighted by atomic mass is 32.2. The van der Waals surface area contributed by atoms with Crippen molar-refractivity contribution in [1.29, 1.82) is 0 Å². The average molecular weight is 287 g/mol. The second-order valence-electron chi connectivity index (χ2n) is 5.13. The molecule has 1 aromatic heterocycles. The first-order valence-corrected chi connectivity index (χ1v) is 7.91. The molecule has 0 bridgehead atoms. The number of hydrogen-bond donors (Lipinski definition) is 1. The van der Waals surface area contributed by atoms with Crippen molar-refractivity contribution in [1.82, 2.24) is 4.98 Å². The van der Waals surface area contributed by atoms with Crippen molar-refractivity contribution >= 4 is 11.8 Å². The van der Waals surface area contributed by atoms with E-state index in [1.807, 2.05) is 25.3 Å². The molecule has 1 atom stereocenters. The highest BCUT2D eigenvalue weighted by Gasteiger charge is 2.06. The minimum atomic E-state index is -0.450. The van der Waals surface area contributed by atoms with Gasteiger partial charge in [-0.25, -0.2) is 0 Å². The van der Waals surface area contributed by atoms with Crippen LogP contribution in [0.4, 0.5) is 0 Å². The third kappa shape index (κ3) is 4.09. The summed E-state index contributed by atoms with van der Waals surface area (Å²) in [6, 6.07) is 10.6. The van der Waals surface area contributed by atoms with Crippen LogP contribution in [0.5, 0.6) is 0 Å². The van der Waals surface area contributed by atoms with Crippen molar-refractivity contribution in [2.75, 3.05) is 0 Å². The molecule has 0 aliphatic rings. The van der Waals surface area contributed by atoms with Gasteiger partial charge in [-0.1, -0.05) is 36.2 Å². The zero-order chi connectivity index (χ0) is 14.5. The van der Waals surface area contributed by atoms with Crippen molar-refractivity contribution in [3.8, 4) is 0 Å². The zero-order valence-electron chi connectivity index (χ0n) is 12.3. The first kappa shape index (κ1) is 15.1. The third-order valence-corrected chi connectivity index (χ3v) is 4.23. The maximum atomic E-state index is 9.72. The van der Waals surface area contributed by atoms with E-state index in [1.165, 1.54) is 16.7 Å². The van der Waals surface area contributed by atoms with E-state index in [1.54, 1.807) is 11.8 Å². The Morgan fingerprint density at radius 1 is 1.15 bits per heavy atom. The van der Waals surface area contributed by atoms with Crippen molar-refractivity contribution < 1.29 is 5.11 Å². The maximum absolute atomic E-state index is 9.72. The Morgan fingerprint density at radius 2 is 1.85 bits per heavy atom. The summed E-state index contributed by atoms with van der Waals surface area (Å²) in [5.74, 6) is 0.944. The van der Waals surface area contributed by atoms with Gasteiger partial charge in [0.2, 0.25) is 0 Å². The molecule has 1 unspecified atom stereocenters. The second-order valence-corrected chi connectivity index (χ2v) is 6.18. The Morgan fingerprint density at radius 3 is 2.40 bits per heavy atom. The Labute approximate surface area is 125 Å². The van der Waals surface area contributed by atoms with Gasteiger partial charge in [0.05, 0.1) is 11.8 Å². The Balaban J connectivity index is 2.00. The maximum Gasteiger partial charge on any atom is 0.0957 e. The summed E-state index contributed by atoms with van der Waals surface area (Å²) in [7, 11) is 0. The van der Waals surface area contributed by atoms with Gasteiger partial charge in [0.1, 0.15) is 0 Å². The zero-order valence-corrected chi connectivity index (χ0v) is 13.1. The SMILES string of the molecule is CCC(O)c1ccc(SCc2cc(C)cc(C)c2)cn1. The monoisotopic (exact) mass is 287 g/mol. The molecule has 0 fully saturated rings. The van der Waals surface area contributed by atoms with Crippen LogP contribution in [0, 0.1) is 13.8 Å². The normalized spacial score (nSPS) is 12.4. The smallest absolute Gasteiger partial charge is 0.0957 e. The van der Waals surface area contributed by atoms with E-state index >= 15 is 0 Å². The van der Waals surface area contributed by atoms with Gasteiger partial charge in [-0.3, -0.25) is 4.98 Å². The number of thioether (sulfide) groups is 1. The van der Waals surface area contributed by atoms with E-state index in [0.717, 1.165) is 16.3 Å². The molecule has 20 heavy (non-hydrogen) atoms. The summed E-state index contributed by atoms with van der Waals surface area (Å²) in [6.07, 6.45) is 2.09. The van der Waals surface area contributed by atoms with Crippen LogP contribution in [0.2, 0.25) is 0 Å². The molecule has 0 saturated carbocycles. The summed E-state index contributed by atoms with van der Waals surface area (Å²) >= 11 is 1.77. The number of hydrogen-bond acceptors (Lipinski definition) is 3. The van der Waals surface area contributed by atoms with Gasteiger partial charge in [-0.05, 0) is 38.0 Å². The minimum absolute atomic E-state index is 0.450. The predicted molar refractivity (Wildman–Crippen MR) is 85.0 cm³/mol. The second kappa shape index (κ2) is 6.91. The van der Waals surface area contributed by atoms with Gasteiger partial charge >= 0.3 is 0 Å². The predicted octanol–water partition coefficient (Wildman–Crippen LogP) is 4.43. The van der Waals surface area contributed by atoms with E-state index in [0.29, 0.717) is 6.42 Å². The molecule has 1 heterocycles. The molecule has 0 spiro atoms. The molecule has 0 aliphatic carbocycles. The molecule has 3 heteroatoms. The van der Waals surface area contributed by atoms with Crippen LogP contribution in [0.3, 0.4) is 0 Å². The van der Waals surface area contributed by atoms with Gasteiger partial charge < -0.3 is 5.11 Å². The highest BCUT2D eigenvalue weighted by Crippen LogP contribution is 2.24. The number of pyridine rings is 1. The fourth-order valence-electron chi connectivity index (χ4n) is 2.20. The summed E-state index contributed by atoms with van der Waals surface area (Å²) in [5.41, 5.74) is 4.70. The number of rotatable bonds is 5. The van der Waals surface area contributed by atoms with Gasteiger partial charge in [-0.2, -0.15) is 0 Å². The van der Waals surface area contributed by atoms with Gasteiger partial charge in [0.15, 0.2) is 0 Å². The van der Waals surface area contributed by atoms with E-state index in [-0.39, 0.29) is 0 Å². The fraction of sp³-hybridized carbons (Fsp3) is 0.353. The Hall–Kier alpha value is -1.32. The molecule has 2 nitrogen and oxygen atoms in total. The molecule has 0 amide bonds. The van der Waals surface area contributed by atoms with Crippen LogP contribution >= 0.6 is 11.8 Å². The lowest BCUT2D eigenvalue weighted by atomic mass is 10.1. The van der Waals surface area contributed by atoms with E-state index in [9.17, 15) is 5.11 Å². The fourth-order valence-corrected chi connectivity index (χ4v) is 2.99. The Bertz CT molecular complexity index is 545. The lowest BCUT2D eigenvalue weighted by Crippen LogP contribution is -1.97. The van der Waals surface area contributed by atoms with Crippen molar-refractivity contribution in [3.63, 3.8) is 0 Å². The number of aryl methyl sites for hydroxylation is 2. The summed E-state index contributed by atoms with van der Waals surface area (Å²) in [4.78, 5) is 5.46. The molecule has 2 rings (SSSR count). The molecule has 0 aliphatic heterocycles. The molecule has 106 valence electrons. The highest BCUT2D eigenvalue weighted by molar-refractivity contribution is 7.98. The van der Waals surface area contributed by atoms with Crippen LogP contribution in [0.25, 0.3) is 0 Å². The van der Waals surface area contributed by atoms with Crippen LogP contribution in [0.15, 0.2) is 41.4 Å². The van der Waals surface area contributed by atoms with Gasteiger partial charge in [0, 0.05) is 16.8 Å². The van der Waals surface area contributed by atoms with Crippen LogP contribution in [-0.2, 0) is 5.75 Å². The third-order valence-electron chi connectivity index (χ3n) is 3.17. The topological polar surface area (TPSA) is 33.1 Å². The first-order chi connectivity index (χ1) is 9.58. The molecular weight excluding hydrogens is 266 g/mol. The minimum Gasteiger partial charge on any atom is -0.387 e. The lowest BCUT2D eigenvalue weighted by molar-refractivity contribution is 0.169. The van der Waals surface area contributed by atoms with Crippen molar-refractivity contribution in [3.05, 3.63) is 58.9 Å². The number of nitrogens with zero attached hydrogens (tertiary/aromatic N) is 1. The number of aliphatic hydroxyl groups is 1. The molecular formula is C17H21NOS. The molecule has 2 aromatic rings. The standard InChI is InChI=1S/C17H21NOS/c1-4-17(19)16-6-5-15(10-18-16)20-11-14-8-12(2)7-13(3)9-14/h5-10,17,19H,4,11H2,1-3H3. The van der Waals surface area contributed by atoms with Crippen LogP contribution in [0.1, 0.15) is 41.8 Å². The van der Waals surface area contributed by atoms with E-state index in [4.69, 9.17) is 0 Å². The molecule has 1 aromatic carbocycles. The van der Waals surface area contributed by atoms with Crippen LogP contribution < -0.4 is 0 Å². The number of aliphatic hydroxyl groups excluding tert-OH is 1. The molecule has 0 radical (unpaired) electrons. The lowest BCUT2D eigenvalue weighted by Gasteiger charge is -2.08. The summed E-state index contributed by atoms with van der Waals surface area (Å²) < 4.78 is 0. The quantitative estimate of drug-likeness (QED) is 0.826. The Kier molecular flexibility index (Phi) is 5.21. The molecule has 1 N–H and O–H groups in total. The summed E-state index contributed by atoms with van der Waals surface area (Å²) in [6.45, 7) is 6.21. The largest absolute Gasteiger partial charge is 0.387 e. The van der Waals surface area contributed by atoms with E-state index in [2.05, 4.69) is 37.0 Å². The number of benzene rings is 1. The van der Waals surface area contributed by atoms with Crippen molar-refractivity contribution in [2.24, 2.45) is 0 Å². The van der Waals surface area contributed by atoms with Gasteiger partial charge in [0.25, 0.3) is 0 Å². The van der Waals surface area contributed by atoms with Gasteiger partial charge in [-0.15, -0.1) is 11.8 Å². The number of aromatic nitrogens is 1. The summed E-state index contributed by atoms with van der Waals surface area (Å²) in [5, 5.41) is 9.72. The van der Waals surface area contributed by atoms with Crippen molar-refractivity contribution in [2.45, 2.75) is 43.9 Å². The first-order valence-electron chi connectivity index (χ1n) is 6.92.